The lowest BCUT2D eigenvalue weighted by Gasteiger charge is -2.02. The zero-order chi connectivity index (χ0) is 9.23. The topological polar surface area (TPSA) is 40.5 Å². The molecule has 0 aromatic carbocycles. The third-order valence-electron chi connectivity index (χ3n) is 2.07. The van der Waals surface area contributed by atoms with Gasteiger partial charge in [0.2, 0.25) is 0 Å². The first-order valence-corrected chi connectivity index (χ1v) is 5.13. The highest BCUT2D eigenvalue weighted by Crippen LogP contribution is 2.08. The first-order valence-electron chi connectivity index (χ1n) is 5.13. The molecule has 0 saturated heterocycles. The van der Waals surface area contributed by atoms with E-state index in [0.717, 1.165) is 12.8 Å². The van der Waals surface area contributed by atoms with Crippen LogP contribution < -0.4 is 0 Å². The van der Waals surface area contributed by atoms with Crippen LogP contribution in [-0.2, 0) is 0 Å². The second-order valence-electron chi connectivity index (χ2n) is 3.39. The Bertz CT molecular complexity index is 82.2. The lowest BCUT2D eigenvalue weighted by Crippen LogP contribution is -2.02. The molecule has 0 atom stereocenters. The minimum absolute atomic E-state index is 0. The summed E-state index contributed by atoms with van der Waals surface area (Å²) in [5, 5.41) is 17.1. The Hall–Kier alpha value is -0.0800. The van der Waals surface area contributed by atoms with Crippen molar-refractivity contribution in [3.63, 3.8) is 0 Å². The summed E-state index contributed by atoms with van der Waals surface area (Å²) in [6, 6.07) is 0. The third-order valence-corrected chi connectivity index (χ3v) is 2.07. The third kappa shape index (κ3) is 14.7. The average molecular weight is 186 g/mol. The van der Waals surface area contributed by atoms with Crippen molar-refractivity contribution in [2.24, 2.45) is 0 Å². The predicted octanol–water partition coefficient (Wildman–Crippen LogP) is 2.52. The van der Waals surface area contributed by atoms with Crippen LogP contribution in [-0.4, -0.2) is 16.5 Å². The number of hydrogen-bond donors (Lipinski definition) is 2. The minimum atomic E-state index is -1.10. The smallest absolute Gasteiger partial charge is 0.151 e. The maximum atomic E-state index is 8.55. The maximum Gasteiger partial charge on any atom is 0.151 e. The molecule has 0 heterocycles. The molecule has 0 saturated carbocycles. The zero-order valence-corrected chi connectivity index (χ0v) is 8.63. The molecule has 0 bridgehead atoms. The van der Waals surface area contributed by atoms with Crippen molar-refractivity contribution in [2.45, 2.75) is 64.6 Å². The predicted molar refractivity (Wildman–Crippen MR) is 54.1 cm³/mol. The number of rotatable bonds is 8. The van der Waals surface area contributed by atoms with Crippen LogP contribution in [0.1, 0.15) is 58.3 Å². The molecule has 2 nitrogen and oxygen atoms in total. The van der Waals surface area contributed by atoms with Gasteiger partial charge < -0.3 is 10.2 Å². The van der Waals surface area contributed by atoms with E-state index in [0.29, 0.717) is 6.42 Å². The number of unbranched alkanes of at least 4 members (excludes halogenated alkanes) is 6. The Balaban J connectivity index is 0. The van der Waals surface area contributed by atoms with E-state index in [1.807, 2.05) is 0 Å². The van der Waals surface area contributed by atoms with Crippen LogP contribution in [0, 0.1) is 7.43 Å². The van der Waals surface area contributed by atoms with E-state index in [2.05, 4.69) is 6.92 Å². The molecule has 0 aromatic rings. The molecule has 0 aromatic heterocycles. The molecule has 2 N–H and O–H groups in total. The van der Waals surface area contributed by atoms with Gasteiger partial charge in [-0.05, 0) is 12.8 Å². The minimum Gasteiger partial charge on any atom is -0.368 e. The molecule has 13 heavy (non-hydrogen) atoms. The fourth-order valence-corrected chi connectivity index (χ4v) is 1.28. The number of aliphatic hydroxyl groups is 2. The van der Waals surface area contributed by atoms with Crippen molar-refractivity contribution in [1.29, 1.82) is 0 Å². The number of hydrogen-bond acceptors (Lipinski definition) is 2. The summed E-state index contributed by atoms with van der Waals surface area (Å²) in [5.74, 6) is 0. The SMILES string of the molecule is CCCCCCCCCC(O)O.[C]. The van der Waals surface area contributed by atoms with Crippen molar-refractivity contribution >= 4 is 0 Å². The zero-order valence-electron chi connectivity index (χ0n) is 8.63. The summed E-state index contributed by atoms with van der Waals surface area (Å²) in [4.78, 5) is 0. The molecule has 0 aliphatic rings. The van der Waals surface area contributed by atoms with Gasteiger partial charge in [-0.1, -0.05) is 45.4 Å². The van der Waals surface area contributed by atoms with Gasteiger partial charge >= 0.3 is 0 Å². The molecule has 2 heteroatoms. The van der Waals surface area contributed by atoms with E-state index in [9.17, 15) is 0 Å². The van der Waals surface area contributed by atoms with Crippen molar-refractivity contribution in [1.82, 2.24) is 0 Å². The van der Waals surface area contributed by atoms with Crippen LogP contribution in [0.2, 0.25) is 0 Å². The van der Waals surface area contributed by atoms with Crippen LogP contribution in [0.15, 0.2) is 0 Å². The monoisotopic (exact) mass is 186 g/mol. The van der Waals surface area contributed by atoms with E-state index >= 15 is 0 Å². The molecule has 0 rings (SSSR count). The van der Waals surface area contributed by atoms with Crippen molar-refractivity contribution in [3.05, 3.63) is 7.43 Å². The highest BCUT2D eigenvalue weighted by molar-refractivity contribution is 4.46. The molecule has 0 aliphatic carbocycles. The molecule has 0 fully saturated rings. The Labute approximate surface area is 83.0 Å². The van der Waals surface area contributed by atoms with Gasteiger partial charge in [0, 0.05) is 7.43 Å². The van der Waals surface area contributed by atoms with Crippen molar-refractivity contribution in [3.8, 4) is 0 Å². The molecular formula is C11H22O2. The quantitative estimate of drug-likeness (QED) is 0.451. The van der Waals surface area contributed by atoms with E-state index < -0.39 is 6.29 Å². The highest BCUT2D eigenvalue weighted by Gasteiger charge is 1.96. The Kier molecular flexibility index (Phi) is 14.1. The maximum absolute atomic E-state index is 8.55. The molecule has 0 aliphatic heterocycles. The van der Waals surface area contributed by atoms with Gasteiger partial charge in [-0.25, -0.2) is 0 Å². The van der Waals surface area contributed by atoms with Crippen molar-refractivity contribution in [2.75, 3.05) is 0 Å². The van der Waals surface area contributed by atoms with E-state index in [1.165, 1.54) is 32.1 Å². The van der Waals surface area contributed by atoms with Crippen LogP contribution in [0.3, 0.4) is 0 Å². The summed E-state index contributed by atoms with van der Waals surface area (Å²) in [6.07, 6.45) is 8.03. The molecule has 4 radical (unpaired) electrons. The fourth-order valence-electron chi connectivity index (χ4n) is 1.28. The second-order valence-corrected chi connectivity index (χ2v) is 3.39. The lowest BCUT2D eigenvalue weighted by atomic mass is 10.1. The van der Waals surface area contributed by atoms with Gasteiger partial charge in [-0.3, -0.25) is 0 Å². The van der Waals surface area contributed by atoms with Gasteiger partial charge in [0.05, 0.1) is 0 Å². The van der Waals surface area contributed by atoms with Crippen LogP contribution in [0.4, 0.5) is 0 Å². The summed E-state index contributed by atoms with van der Waals surface area (Å²) in [7, 11) is 0. The summed E-state index contributed by atoms with van der Waals surface area (Å²) in [6.45, 7) is 2.21. The van der Waals surface area contributed by atoms with Crippen LogP contribution >= 0.6 is 0 Å². The van der Waals surface area contributed by atoms with Crippen molar-refractivity contribution < 1.29 is 10.2 Å². The van der Waals surface area contributed by atoms with Gasteiger partial charge in [-0.15, -0.1) is 0 Å². The largest absolute Gasteiger partial charge is 0.368 e. The molecule has 0 spiro atoms. The van der Waals surface area contributed by atoms with E-state index in [4.69, 9.17) is 10.2 Å². The summed E-state index contributed by atoms with van der Waals surface area (Å²) < 4.78 is 0. The standard InChI is InChI=1S/C10H22O2.C/c1-2-3-4-5-6-7-8-9-10(11)12;/h10-12H,2-9H2,1H3;. The fraction of sp³-hybridized carbons (Fsp3) is 0.909. The first kappa shape index (κ1) is 15.4. The van der Waals surface area contributed by atoms with Gasteiger partial charge in [0.25, 0.3) is 0 Å². The normalized spacial score (nSPS) is 10.2. The summed E-state index contributed by atoms with van der Waals surface area (Å²) in [5.41, 5.74) is 0. The van der Waals surface area contributed by atoms with Crippen LogP contribution in [0.5, 0.6) is 0 Å². The first-order chi connectivity index (χ1) is 5.77. The molecule has 0 unspecified atom stereocenters. The second kappa shape index (κ2) is 11.9. The molecular weight excluding hydrogens is 164 g/mol. The number of aliphatic hydroxyl groups excluding tert-OH is 1. The van der Waals surface area contributed by atoms with E-state index in [1.54, 1.807) is 0 Å². The average Bonchev–Trinajstić information content (AvgIpc) is 2.02. The van der Waals surface area contributed by atoms with E-state index in [-0.39, 0.29) is 7.43 Å². The Morgan fingerprint density at radius 1 is 0.846 bits per heavy atom. The Morgan fingerprint density at radius 2 is 1.31 bits per heavy atom. The van der Waals surface area contributed by atoms with Gasteiger partial charge in [0.1, 0.15) is 0 Å². The lowest BCUT2D eigenvalue weighted by molar-refractivity contribution is -0.0466. The van der Waals surface area contributed by atoms with Gasteiger partial charge in [-0.2, -0.15) is 0 Å². The van der Waals surface area contributed by atoms with Gasteiger partial charge in [0.15, 0.2) is 6.29 Å². The highest BCUT2D eigenvalue weighted by atomic mass is 16.5. The van der Waals surface area contributed by atoms with Crippen LogP contribution in [0.25, 0.3) is 0 Å². The summed E-state index contributed by atoms with van der Waals surface area (Å²) >= 11 is 0. The Morgan fingerprint density at radius 3 is 1.77 bits per heavy atom. The molecule has 0 amide bonds. The molecule has 78 valence electrons.